The molecule has 21 heavy (non-hydrogen) atoms. The van der Waals surface area contributed by atoms with Gasteiger partial charge in [-0.2, -0.15) is 0 Å². The predicted octanol–water partition coefficient (Wildman–Crippen LogP) is 4.24. The van der Waals surface area contributed by atoms with E-state index in [9.17, 15) is 13.2 Å². The lowest BCUT2D eigenvalue weighted by Gasteiger charge is -2.09. The normalized spacial score (nSPS) is 11.2. The summed E-state index contributed by atoms with van der Waals surface area (Å²) in [5.74, 6) is -2.02. The molecule has 2 aromatic carbocycles. The maximum absolute atomic E-state index is 14.0. The standard InChI is InChI=1S/C15H10ClF3N2/c16-7-13-20-12-6-5-11(18)14(19)15(12)21(13)8-9-3-1-2-4-10(9)17/h1-6H,7-8H2. The van der Waals surface area contributed by atoms with Crippen molar-refractivity contribution in [1.29, 1.82) is 0 Å². The molecule has 0 bridgehead atoms. The van der Waals surface area contributed by atoms with Crippen LogP contribution in [-0.4, -0.2) is 9.55 Å². The number of alkyl halides is 1. The van der Waals surface area contributed by atoms with E-state index in [1.54, 1.807) is 18.2 Å². The Kier molecular flexibility index (Phi) is 3.59. The average molecular weight is 311 g/mol. The number of hydrogen-bond acceptors (Lipinski definition) is 1. The van der Waals surface area contributed by atoms with Crippen molar-refractivity contribution in [1.82, 2.24) is 9.55 Å². The Morgan fingerprint density at radius 3 is 2.48 bits per heavy atom. The lowest BCUT2D eigenvalue weighted by Crippen LogP contribution is -2.06. The van der Waals surface area contributed by atoms with Crippen molar-refractivity contribution < 1.29 is 13.2 Å². The zero-order chi connectivity index (χ0) is 15.0. The fourth-order valence-electron chi connectivity index (χ4n) is 2.27. The van der Waals surface area contributed by atoms with Crippen LogP contribution in [0, 0.1) is 17.5 Å². The minimum Gasteiger partial charge on any atom is -0.320 e. The third-order valence-electron chi connectivity index (χ3n) is 3.28. The molecule has 0 aliphatic rings. The molecule has 0 aliphatic heterocycles. The number of halogens is 4. The van der Waals surface area contributed by atoms with Crippen LogP contribution in [0.3, 0.4) is 0 Å². The fraction of sp³-hybridized carbons (Fsp3) is 0.133. The number of nitrogens with zero attached hydrogens (tertiary/aromatic N) is 2. The summed E-state index contributed by atoms with van der Waals surface area (Å²) in [5.41, 5.74) is 0.640. The van der Waals surface area contributed by atoms with Gasteiger partial charge in [-0.15, -0.1) is 11.6 Å². The topological polar surface area (TPSA) is 17.8 Å². The minimum atomic E-state index is -1.01. The molecule has 2 nitrogen and oxygen atoms in total. The summed E-state index contributed by atoms with van der Waals surface area (Å²) in [7, 11) is 0. The monoisotopic (exact) mass is 310 g/mol. The molecule has 1 aromatic heterocycles. The van der Waals surface area contributed by atoms with E-state index in [0.717, 1.165) is 6.07 Å². The second-order valence-corrected chi connectivity index (χ2v) is 4.84. The Labute approximate surface area is 123 Å². The van der Waals surface area contributed by atoms with Crippen molar-refractivity contribution in [3.05, 3.63) is 65.2 Å². The van der Waals surface area contributed by atoms with E-state index >= 15 is 0 Å². The minimum absolute atomic E-state index is 0.00565. The van der Waals surface area contributed by atoms with Crippen LogP contribution in [0.5, 0.6) is 0 Å². The van der Waals surface area contributed by atoms with Gasteiger partial charge in [0.05, 0.1) is 17.9 Å². The highest BCUT2D eigenvalue weighted by atomic mass is 35.5. The van der Waals surface area contributed by atoms with Crippen molar-refractivity contribution in [3.63, 3.8) is 0 Å². The van der Waals surface area contributed by atoms with Crippen molar-refractivity contribution in [2.45, 2.75) is 12.4 Å². The SMILES string of the molecule is Fc1ccccc1Cn1c(CCl)nc2ccc(F)c(F)c21. The van der Waals surface area contributed by atoms with Crippen molar-refractivity contribution in [3.8, 4) is 0 Å². The van der Waals surface area contributed by atoms with Crippen LogP contribution >= 0.6 is 11.6 Å². The van der Waals surface area contributed by atoms with Crippen molar-refractivity contribution in [2.24, 2.45) is 0 Å². The molecule has 0 saturated carbocycles. The zero-order valence-corrected chi connectivity index (χ0v) is 11.5. The second-order valence-electron chi connectivity index (χ2n) is 4.57. The van der Waals surface area contributed by atoms with Gasteiger partial charge in [0.1, 0.15) is 17.2 Å². The number of imidazole rings is 1. The summed E-state index contributed by atoms with van der Waals surface area (Å²) in [6.07, 6.45) is 0. The molecule has 0 N–H and O–H groups in total. The molecule has 0 fully saturated rings. The summed E-state index contributed by atoms with van der Waals surface area (Å²) in [6.45, 7) is 0.0333. The van der Waals surface area contributed by atoms with E-state index in [2.05, 4.69) is 4.98 Å². The first-order chi connectivity index (χ1) is 10.1. The van der Waals surface area contributed by atoms with Crippen molar-refractivity contribution in [2.75, 3.05) is 0 Å². The first kappa shape index (κ1) is 13.9. The van der Waals surface area contributed by atoms with Gasteiger partial charge in [-0.1, -0.05) is 18.2 Å². The quantitative estimate of drug-likeness (QED) is 0.662. The molecular weight excluding hydrogens is 301 g/mol. The predicted molar refractivity (Wildman–Crippen MR) is 74.7 cm³/mol. The maximum atomic E-state index is 14.0. The number of rotatable bonds is 3. The van der Waals surface area contributed by atoms with E-state index in [1.807, 2.05) is 0 Å². The van der Waals surface area contributed by atoms with E-state index < -0.39 is 17.5 Å². The largest absolute Gasteiger partial charge is 0.320 e. The smallest absolute Gasteiger partial charge is 0.184 e. The van der Waals surface area contributed by atoms with Gasteiger partial charge in [-0.25, -0.2) is 18.2 Å². The van der Waals surface area contributed by atoms with E-state index in [1.165, 1.54) is 16.7 Å². The van der Waals surface area contributed by atoms with Gasteiger partial charge in [0.15, 0.2) is 11.6 Å². The Bertz CT molecular complexity index is 814. The number of fused-ring (bicyclic) bond motifs is 1. The third-order valence-corrected chi connectivity index (χ3v) is 3.52. The van der Waals surface area contributed by atoms with Crippen LogP contribution in [0.25, 0.3) is 11.0 Å². The first-order valence-electron chi connectivity index (χ1n) is 6.24. The van der Waals surface area contributed by atoms with E-state index in [-0.39, 0.29) is 17.9 Å². The Hall–Kier alpha value is -2.01. The molecule has 6 heteroatoms. The van der Waals surface area contributed by atoms with E-state index in [0.29, 0.717) is 16.9 Å². The van der Waals surface area contributed by atoms with Gasteiger partial charge in [0.25, 0.3) is 0 Å². The highest BCUT2D eigenvalue weighted by Gasteiger charge is 2.18. The van der Waals surface area contributed by atoms with Gasteiger partial charge in [-0.05, 0) is 18.2 Å². The molecule has 0 amide bonds. The van der Waals surface area contributed by atoms with Gasteiger partial charge >= 0.3 is 0 Å². The van der Waals surface area contributed by atoms with E-state index in [4.69, 9.17) is 11.6 Å². The fourth-order valence-corrected chi connectivity index (χ4v) is 2.48. The molecular formula is C15H10ClF3N2. The van der Waals surface area contributed by atoms with Crippen LogP contribution < -0.4 is 0 Å². The summed E-state index contributed by atoms with van der Waals surface area (Å²) in [6, 6.07) is 8.52. The number of aromatic nitrogens is 2. The average Bonchev–Trinajstić information content (AvgIpc) is 2.84. The Morgan fingerprint density at radius 1 is 1.00 bits per heavy atom. The van der Waals surface area contributed by atoms with Crippen LogP contribution in [0.1, 0.15) is 11.4 Å². The molecule has 0 aliphatic carbocycles. The highest BCUT2D eigenvalue weighted by molar-refractivity contribution is 6.16. The van der Waals surface area contributed by atoms with Crippen LogP contribution in [0.2, 0.25) is 0 Å². The zero-order valence-electron chi connectivity index (χ0n) is 10.8. The highest BCUT2D eigenvalue weighted by Crippen LogP contribution is 2.24. The summed E-state index contributed by atoms with van der Waals surface area (Å²) in [5, 5.41) is 0. The van der Waals surface area contributed by atoms with Crippen LogP contribution in [-0.2, 0) is 12.4 Å². The van der Waals surface area contributed by atoms with Gasteiger partial charge in [0.2, 0.25) is 0 Å². The molecule has 0 radical (unpaired) electrons. The maximum Gasteiger partial charge on any atom is 0.184 e. The Morgan fingerprint density at radius 2 is 1.76 bits per heavy atom. The van der Waals surface area contributed by atoms with Gasteiger partial charge in [-0.3, -0.25) is 0 Å². The lowest BCUT2D eigenvalue weighted by atomic mass is 10.2. The molecule has 0 unspecified atom stereocenters. The van der Waals surface area contributed by atoms with Crippen molar-refractivity contribution >= 4 is 22.6 Å². The molecule has 3 aromatic rings. The molecule has 0 atom stereocenters. The summed E-state index contributed by atoms with van der Waals surface area (Å²) in [4.78, 5) is 4.16. The molecule has 0 spiro atoms. The number of benzene rings is 2. The molecule has 108 valence electrons. The second kappa shape index (κ2) is 5.41. The molecule has 3 rings (SSSR count). The lowest BCUT2D eigenvalue weighted by molar-refractivity contribution is 0.511. The molecule has 0 saturated heterocycles. The Balaban J connectivity index is 2.21. The number of hydrogen-bond donors (Lipinski definition) is 0. The molecule has 1 heterocycles. The van der Waals surface area contributed by atoms with Gasteiger partial charge in [0, 0.05) is 5.56 Å². The summed E-state index contributed by atoms with van der Waals surface area (Å²) >= 11 is 5.81. The third kappa shape index (κ3) is 2.38. The van der Waals surface area contributed by atoms with Crippen LogP contribution in [0.15, 0.2) is 36.4 Å². The summed E-state index contributed by atoms with van der Waals surface area (Å²) < 4.78 is 42.6. The first-order valence-corrected chi connectivity index (χ1v) is 6.77. The van der Waals surface area contributed by atoms with Gasteiger partial charge < -0.3 is 4.57 Å². The van der Waals surface area contributed by atoms with Crippen LogP contribution in [0.4, 0.5) is 13.2 Å².